The molecule has 0 bridgehead atoms. The molecule has 0 aliphatic heterocycles. The molecule has 7 nitrogen and oxygen atoms in total. The highest BCUT2D eigenvalue weighted by Gasteiger charge is 2.05. The lowest BCUT2D eigenvalue weighted by atomic mass is 10.5. The van der Waals surface area contributed by atoms with Gasteiger partial charge in [0.2, 0.25) is 0 Å². The molecule has 0 saturated carbocycles. The molecule has 0 aliphatic rings. The zero-order chi connectivity index (χ0) is 8.32. The van der Waals surface area contributed by atoms with E-state index in [1.165, 1.54) is 6.20 Å². The Morgan fingerprint density at radius 3 is 2.91 bits per heavy atom. The molecule has 1 heterocycles. The largest absolute Gasteiger partial charge is 0.397 e. The van der Waals surface area contributed by atoms with Gasteiger partial charge in [-0.2, -0.15) is 23.8 Å². The SMILES string of the molecule is O=S(=O)(O)OCc1cn[nH]n1. The minimum absolute atomic E-state index is 0.294. The van der Waals surface area contributed by atoms with E-state index in [1.807, 2.05) is 0 Å². The molecule has 0 radical (unpaired) electrons. The number of nitrogens with one attached hydrogen (secondary N) is 1. The molecule has 11 heavy (non-hydrogen) atoms. The van der Waals surface area contributed by atoms with Gasteiger partial charge in [0.1, 0.15) is 12.3 Å². The van der Waals surface area contributed by atoms with Crippen molar-refractivity contribution in [3.05, 3.63) is 11.9 Å². The predicted octanol–water partition coefficient (Wildman–Crippen LogP) is -0.876. The number of aromatic nitrogens is 3. The Bertz CT molecular complexity index is 303. The number of rotatable bonds is 3. The van der Waals surface area contributed by atoms with E-state index >= 15 is 0 Å². The smallest absolute Gasteiger partial charge is 0.264 e. The van der Waals surface area contributed by atoms with Gasteiger partial charge in [-0.05, 0) is 0 Å². The first-order chi connectivity index (χ1) is 5.08. The first-order valence-electron chi connectivity index (χ1n) is 2.54. The summed E-state index contributed by atoms with van der Waals surface area (Å²) in [6, 6.07) is 0. The van der Waals surface area contributed by atoms with Crippen molar-refractivity contribution in [2.24, 2.45) is 0 Å². The topological polar surface area (TPSA) is 105 Å². The molecule has 2 N–H and O–H groups in total. The summed E-state index contributed by atoms with van der Waals surface area (Å²) in [7, 11) is -4.38. The van der Waals surface area contributed by atoms with Crippen molar-refractivity contribution in [1.29, 1.82) is 0 Å². The summed E-state index contributed by atoms with van der Waals surface area (Å²) in [6.45, 7) is -0.324. The number of hydrogen-bond acceptors (Lipinski definition) is 5. The number of aromatic amines is 1. The zero-order valence-electron chi connectivity index (χ0n) is 5.26. The second-order valence-electron chi connectivity index (χ2n) is 1.65. The van der Waals surface area contributed by atoms with Crippen molar-refractivity contribution < 1.29 is 17.2 Å². The van der Waals surface area contributed by atoms with E-state index in [1.54, 1.807) is 0 Å². The molecule has 1 aromatic heterocycles. The molecule has 0 spiro atoms. The van der Waals surface area contributed by atoms with Crippen molar-refractivity contribution in [1.82, 2.24) is 15.4 Å². The zero-order valence-corrected chi connectivity index (χ0v) is 6.08. The molecular weight excluding hydrogens is 174 g/mol. The third-order valence-electron chi connectivity index (χ3n) is 0.821. The molecule has 1 rings (SSSR count). The first-order valence-corrected chi connectivity index (χ1v) is 3.91. The highest BCUT2D eigenvalue weighted by atomic mass is 32.3. The predicted molar refractivity (Wildman–Crippen MR) is 32.7 cm³/mol. The fraction of sp³-hybridized carbons (Fsp3) is 0.333. The average Bonchev–Trinajstić information content (AvgIpc) is 2.32. The van der Waals surface area contributed by atoms with Crippen LogP contribution in [0.2, 0.25) is 0 Å². The van der Waals surface area contributed by atoms with Crippen LogP contribution in [0, 0.1) is 0 Å². The molecule has 8 heteroatoms. The Kier molecular flexibility index (Phi) is 2.17. The fourth-order valence-electron chi connectivity index (χ4n) is 0.430. The monoisotopic (exact) mass is 179 g/mol. The van der Waals surface area contributed by atoms with Crippen molar-refractivity contribution in [2.75, 3.05) is 0 Å². The third kappa shape index (κ3) is 3.07. The summed E-state index contributed by atoms with van der Waals surface area (Å²) in [5, 5.41) is 9.12. The Morgan fingerprint density at radius 1 is 1.73 bits per heavy atom. The minimum atomic E-state index is -4.38. The lowest BCUT2D eigenvalue weighted by Gasteiger charge is -1.93. The van der Waals surface area contributed by atoms with Crippen LogP contribution in [0.4, 0.5) is 0 Å². The van der Waals surface area contributed by atoms with Crippen LogP contribution < -0.4 is 0 Å². The van der Waals surface area contributed by atoms with Crippen LogP contribution in [0.3, 0.4) is 0 Å². The molecular formula is C3H5N3O4S. The molecule has 62 valence electrons. The highest BCUT2D eigenvalue weighted by Crippen LogP contribution is 1.95. The highest BCUT2D eigenvalue weighted by molar-refractivity contribution is 7.80. The summed E-state index contributed by atoms with van der Waals surface area (Å²) in [5.41, 5.74) is 0.294. The van der Waals surface area contributed by atoms with Crippen LogP contribution in [-0.4, -0.2) is 28.4 Å². The maximum Gasteiger partial charge on any atom is 0.397 e. The van der Waals surface area contributed by atoms with Crippen molar-refractivity contribution >= 4 is 10.4 Å². The van der Waals surface area contributed by atoms with E-state index in [0.29, 0.717) is 5.69 Å². The van der Waals surface area contributed by atoms with Gasteiger partial charge < -0.3 is 0 Å². The molecule has 0 amide bonds. The first kappa shape index (κ1) is 8.11. The van der Waals surface area contributed by atoms with E-state index in [9.17, 15) is 8.42 Å². The van der Waals surface area contributed by atoms with E-state index < -0.39 is 10.4 Å². The van der Waals surface area contributed by atoms with Gasteiger partial charge in [-0.3, -0.25) is 4.55 Å². The summed E-state index contributed by atoms with van der Waals surface area (Å²) in [5.74, 6) is 0. The normalized spacial score (nSPS) is 11.7. The number of nitrogens with zero attached hydrogens (tertiary/aromatic N) is 2. The van der Waals surface area contributed by atoms with Crippen LogP contribution in [0.15, 0.2) is 6.20 Å². The van der Waals surface area contributed by atoms with Crippen molar-refractivity contribution in [3.8, 4) is 0 Å². The van der Waals surface area contributed by atoms with E-state index in [0.717, 1.165) is 0 Å². The lowest BCUT2D eigenvalue weighted by Crippen LogP contribution is -2.03. The average molecular weight is 179 g/mol. The van der Waals surface area contributed by atoms with Crippen LogP contribution in [0.1, 0.15) is 5.69 Å². The molecule has 0 aromatic carbocycles. The summed E-state index contributed by atoms with van der Waals surface area (Å²) >= 11 is 0. The summed E-state index contributed by atoms with van der Waals surface area (Å²) in [4.78, 5) is 0. The third-order valence-corrected chi connectivity index (χ3v) is 1.24. The van der Waals surface area contributed by atoms with Gasteiger partial charge in [0, 0.05) is 0 Å². The van der Waals surface area contributed by atoms with Gasteiger partial charge in [-0.25, -0.2) is 4.18 Å². The van der Waals surface area contributed by atoms with Crippen LogP contribution in [0.25, 0.3) is 0 Å². The molecule has 0 atom stereocenters. The second kappa shape index (κ2) is 2.95. The van der Waals surface area contributed by atoms with Gasteiger partial charge in [-0.1, -0.05) is 0 Å². The molecule has 0 saturated heterocycles. The Balaban J connectivity index is 2.48. The second-order valence-corrected chi connectivity index (χ2v) is 2.74. The van der Waals surface area contributed by atoms with Crippen LogP contribution in [-0.2, 0) is 21.2 Å². The summed E-state index contributed by atoms with van der Waals surface area (Å²) < 4.78 is 32.1. The molecule has 0 fully saturated rings. The Morgan fingerprint density at radius 2 is 2.45 bits per heavy atom. The van der Waals surface area contributed by atoms with Crippen LogP contribution >= 0.6 is 0 Å². The minimum Gasteiger partial charge on any atom is -0.264 e. The standard InChI is InChI=1S/C3H5N3O4S/c7-11(8,9)10-2-3-1-4-6-5-3/h1H,2H2,(H,4,5,6)(H,7,8,9). The van der Waals surface area contributed by atoms with E-state index in [2.05, 4.69) is 19.6 Å². The number of hydrogen-bond donors (Lipinski definition) is 2. The van der Waals surface area contributed by atoms with E-state index in [4.69, 9.17) is 4.55 Å². The lowest BCUT2D eigenvalue weighted by molar-refractivity contribution is 0.256. The Labute approximate surface area is 62.3 Å². The molecule has 1 aromatic rings. The van der Waals surface area contributed by atoms with Gasteiger partial charge in [0.05, 0.1) is 6.20 Å². The van der Waals surface area contributed by atoms with Gasteiger partial charge in [0.15, 0.2) is 0 Å². The van der Waals surface area contributed by atoms with Gasteiger partial charge >= 0.3 is 10.4 Å². The fourth-order valence-corrected chi connectivity index (χ4v) is 0.699. The van der Waals surface area contributed by atoms with Gasteiger partial charge in [0.25, 0.3) is 0 Å². The van der Waals surface area contributed by atoms with Gasteiger partial charge in [-0.15, -0.1) is 0 Å². The molecule has 0 unspecified atom stereocenters. The molecule has 0 aliphatic carbocycles. The van der Waals surface area contributed by atoms with Crippen molar-refractivity contribution in [2.45, 2.75) is 6.61 Å². The quantitative estimate of drug-likeness (QED) is 0.584. The summed E-state index contributed by atoms with van der Waals surface area (Å²) in [6.07, 6.45) is 1.28. The maximum absolute atomic E-state index is 10.0. The Hall–Kier alpha value is -0.990. The maximum atomic E-state index is 10.0. The van der Waals surface area contributed by atoms with Crippen LogP contribution in [0.5, 0.6) is 0 Å². The number of H-pyrrole nitrogens is 1. The van der Waals surface area contributed by atoms with Crippen molar-refractivity contribution in [3.63, 3.8) is 0 Å². The van der Waals surface area contributed by atoms with E-state index in [-0.39, 0.29) is 6.61 Å².